The van der Waals surface area contributed by atoms with E-state index in [2.05, 4.69) is 37.9 Å². The average Bonchev–Trinajstić information content (AvgIpc) is 2.46. The molecule has 0 spiro atoms. The molecule has 0 N–H and O–H groups in total. The quantitative estimate of drug-likeness (QED) is 0.769. The molecule has 0 amide bonds. The number of fused-ring (bicyclic) bond motifs is 1. The molecule has 0 unspecified atom stereocenters. The molecule has 2 aromatic rings. The maximum absolute atomic E-state index is 5.67. The van der Waals surface area contributed by atoms with Crippen molar-refractivity contribution in [3.05, 3.63) is 36.7 Å². The zero-order valence-electron chi connectivity index (χ0n) is 12.6. The summed E-state index contributed by atoms with van der Waals surface area (Å²) in [5.74, 6) is 1.63. The number of thioether (sulfide) groups is 1. The zero-order valence-corrected chi connectivity index (χ0v) is 13.4. The summed E-state index contributed by atoms with van der Waals surface area (Å²) in [5, 5.41) is 0. The van der Waals surface area contributed by atoms with Crippen molar-refractivity contribution in [3.63, 3.8) is 0 Å². The summed E-state index contributed by atoms with van der Waals surface area (Å²) in [6.45, 7) is 7.86. The second-order valence-corrected chi connectivity index (χ2v) is 7.81. The molecule has 0 fully saturated rings. The van der Waals surface area contributed by atoms with Crippen LogP contribution in [0.3, 0.4) is 0 Å². The third-order valence-electron chi connectivity index (χ3n) is 3.05. The van der Waals surface area contributed by atoms with E-state index >= 15 is 0 Å². The minimum absolute atomic E-state index is 0.157. The Morgan fingerprint density at radius 1 is 1.05 bits per heavy atom. The molecule has 21 heavy (non-hydrogen) atoms. The van der Waals surface area contributed by atoms with Gasteiger partial charge in [-0.05, 0) is 23.8 Å². The summed E-state index contributed by atoms with van der Waals surface area (Å²) in [5.41, 5.74) is 2.24. The molecule has 1 aromatic carbocycles. The highest BCUT2D eigenvalue weighted by Crippen LogP contribution is 2.40. The molecule has 3 nitrogen and oxygen atoms in total. The summed E-state index contributed by atoms with van der Waals surface area (Å²) in [7, 11) is 0. The van der Waals surface area contributed by atoms with Crippen LogP contribution in [0.2, 0.25) is 0 Å². The van der Waals surface area contributed by atoms with E-state index in [0.717, 1.165) is 22.6 Å². The van der Waals surface area contributed by atoms with Crippen molar-refractivity contribution >= 4 is 11.8 Å². The van der Waals surface area contributed by atoms with E-state index in [4.69, 9.17) is 9.47 Å². The molecule has 1 aliphatic heterocycles. The molecule has 2 heterocycles. The first kappa shape index (κ1) is 14.3. The first-order valence-electron chi connectivity index (χ1n) is 7.06. The van der Waals surface area contributed by atoms with Crippen molar-refractivity contribution < 1.29 is 9.47 Å². The van der Waals surface area contributed by atoms with Crippen molar-refractivity contribution in [2.75, 3.05) is 13.2 Å². The van der Waals surface area contributed by atoms with E-state index in [1.165, 1.54) is 4.90 Å². The molecule has 0 atom stereocenters. The normalized spacial score (nSPS) is 14.0. The molecular formula is C17H19NO2S. The summed E-state index contributed by atoms with van der Waals surface area (Å²) >= 11 is 1.85. The van der Waals surface area contributed by atoms with Crippen LogP contribution < -0.4 is 9.47 Å². The summed E-state index contributed by atoms with van der Waals surface area (Å²) in [6, 6.07) is 8.15. The maximum atomic E-state index is 5.67. The van der Waals surface area contributed by atoms with Crippen molar-refractivity contribution in [2.45, 2.75) is 30.4 Å². The van der Waals surface area contributed by atoms with Crippen LogP contribution in [0.5, 0.6) is 11.5 Å². The van der Waals surface area contributed by atoms with Crippen molar-refractivity contribution in [1.29, 1.82) is 0 Å². The zero-order chi connectivity index (χ0) is 14.9. The second-order valence-electron chi connectivity index (χ2n) is 5.94. The fraction of sp³-hybridized carbons (Fsp3) is 0.353. The number of benzene rings is 1. The Labute approximate surface area is 129 Å². The Kier molecular flexibility index (Phi) is 3.81. The van der Waals surface area contributed by atoms with Gasteiger partial charge in [-0.3, -0.25) is 4.98 Å². The van der Waals surface area contributed by atoms with Gasteiger partial charge in [-0.1, -0.05) is 26.8 Å². The van der Waals surface area contributed by atoms with Crippen LogP contribution in [-0.2, 0) is 0 Å². The van der Waals surface area contributed by atoms with Crippen LogP contribution in [0, 0.1) is 0 Å². The van der Waals surface area contributed by atoms with E-state index in [0.29, 0.717) is 13.2 Å². The number of ether oxygens (including phenoxy) is 2. The highest BCUT2D eigenvalue weighted by Gasteiger charge is 2.17. The van der Waals surface area contributed by atoms with Crippen molar-refractivity contribution in [1.82, 2.24) is 4.98 Å². The van der Waals surface area contributed by atoms with Gasteiger partial charge in [-0.2, -0.15) is 0 Å². The van der Waals surface area contributed by atoms with Crippen LogP contribution in [0.4, 0.5) is 0 Å². The van der Waals surface area contributed by atoms with E-state index < -0.39 is 0 Å². The number of pyridine rings is 1. The van der Waals surface area contributed by atoms with E-state index in [1.54, 1.807) is 0 Å². The summed E-state index contributed by atoms with van der Waals surface area (Å²) in [4.78, 5) is 5.51. The van der Waals surface area contributed by atoms with Gasteiger partial charge in [0.05, 0.1) is 0 Å². The van der Waals surface area contributed by atoms with Crippen LogP contribution in [0.1, 0.15) is 20.8 Å². The third-order valence-corrected chi connectivity index (χ3v) is 4.24. The average molecular weight is 301 g/mol. The van der Waals surface area contributed by atoms with Crippen LogP contribution in [-0.4, -0.2) is 22.9 Å². The van der Waals surface area contributed by atoms with E-state index in [9.17, 15) is 0 Å². The molecule has 4 heteroatoms. The van der Waals surface area contributed by atoms with Gasteiger partial charge in [0, 0.05) is 27.6 Å². The van der Waals surface area contributed by atoms with Gasteiger partial charge in [0.15, 0.2) is 11.5 Å². The predicted octanol–water partition coefficient (Wildman–Crippen LogP) is 4.41. The topological polar surface area (TPSA) is 31.4 Å². The first-order valence-corrected chi connectivity index (χ1v) is 7.88. The number of hydrogen-bond acceptors (Lipinski definition) is 4. The molecule has 0 radical (unpaired) electrons. The largest absolute Gasteiger partial charge is 0.486 e. The highest BCUT2D eigenvalue weighted by molar-refractivity contribution is 8.00. The Balaban J connectivity index is 2.00. The maximum Gasteiger partial charge on any atom is 0.161 e. The Morgan fingerprint density at radius 2 is 1.81 bits per heavy atom. The lowest BCUT2D eigenvalue weighted by molar-refractivity contribution is 0.171. The summed E-state index contributed by atoms with van der Waals surface area (Å²) < 4.78 is 11.4. The molecule has 110 valence electrons. The molecule has 0 saturated carbocycles. The SMILES string of the molecule is CC(C)(C)Sc1ccncc1-c1ccc2c(c1)OCCO2. The van der Waals surface area contributed by atoms with Gasteiger partial charge in [-0.15, -0.1) is 11.8 Å². The van der Waals surface area contributed by atoms with Gasteiger partial charge in [0.25, 0.3) is 0 Å². The van der Waals surface area contributed by atoms with E-state index in [-0.39, 0.29) is 4.75 Å². The first-order chi connectivity index (χ1) is 10.0. The fourth-order valence-corrected chi connectivity index (χ4v) is 3.30. The molecular weight excluding hydrogens is 282 g/mol. The molecule has 1 aliphatic rings. The lowest BCUT2D eigenvalue weighted by Gasteiger charge is -2.21. The van der Waals surface area contributed by atoms with Crippen LogP contribution in [0.15, 0.2) is 41.6 Å². The van der Waals surface area contributed by atoms with E-state index in [1.807, 2.05) is 36.3 Å². The smallest absolute Gasteiger partial charge is 0.161 e. The standard InChI is InChI=1S/C17H19NO2S/c1-17(2,3)21-16-6-7-18-11-13(16)12-4-5-14-15(10-12)20-9-8-19-14/h4-7,10-11H,8-9H2,1-3H3. The van der Waals surface area contributed by atoms with Gasteiger partial charge in [-0.25, -0.2) is 0 Å². The number of aromatic nitrogens is 1. The van der Waals surface area contributed by atoms with Crippen LogP contribution >= 0.6 is 11.8 Å². The summed E-state index contributed by atoms with van der Waals surface area (Å²) in [6.07, 6.45) is 3.76. The Bertz CT molecular complexity index is 649. The molecule has 0 bridgehead atoms. The van der Waals surface area contributed by atoms with Crippen molar-refractivity contribution in [2.24, 2.45) is 0 Å². The molecule has 3 rings (SSSR count). The highest BCUT2D eigenvalue weighted by atomic mass is 32.2. The number of nitrogens with zero attached hydrogens (tertiary/aromatic N) is 1. The van der Waals surface area contributed by atoms with Gasteiger partial charge in [0.1, 0.15) is 13.2 Å². The minimum atomic E-state index is 0.157. The molecule has 0 saturated heterocycles. The second kappa shape index (κ2) is 5.60. The van der Waals surface area contributed by atoms with Gasteiger partial charge in [0.2, 0.25) is 0 Å². The molecule has 1 aromatic heterocycles. The number of rotatable bonds is 2. The van der Waals surface area contributed by atoms with Crippen LogP contribution in [0.25, 0.3) is 11.1 Å². The fourth-order valence-electron chi connectivity index (χ4n) is 2.23. The van der Waals surface area contributed by atoms with Crippen molar-refractivity contribution in [3.8, 4) is 22.6 Å². The predicted molar refractivity (Wildman–Crippen MR) is 86.3 cm³/mol. The monoisotopic (exact) mass is 301 g/mol. The van der Waals surface area contributed by atoms with Gasteiger partial charge >= 0.3 is 0 Å². The molecule has 0 aliphatic carbocycles. The third kappa shape index (κ3) is 3.32. The Morgan fingerprint density at radius 3 is 2.57 bits per heavy atom. The minimum Gasteiger partial charge on any atom is -0.486 e. The van der Waals surface area contributed by atoms with Gasteiger partial charge < -0.3 is 9.47 Å². The number of hydrogen-bond donors (Lipinski definition) is 0. The lowest BCUT2D eigenvalue weighted by atomic mass is 10.1. The lowest BCUT2D eigenvalue weighted by Crippen LogP contribution is -2.15. The Hall–Kier alpha value is -1.68.